The van der Waals surface area contributed by atoms with Gasteiger partial charge in [0.05, 0.1) is 5.70 Å². The maximum atomic E-state index is 5.30. The van der Waals surface area contributed by atoms with Gasteiger partial charge in [0.2, 0.25) is 0 Å². The van der Waals surface area contributed by atoms with Gasteiger partial charge in [-0.3, -0.25) is 0 Å². The molecule has 0 fully saturated rings. The minimum absolute atomic E-state index is 0.0382. The summed E-state index contributed by atoms with van der Waals surface area (Å²) in [6.45, 7) is 1.93. The normalized spacial score (nSPS) is 25.7. The van der Waals surface area contributed by atoms with Gasteiger partial charge < -0.3 is 9.74 Å². The molecule has 2 aliphatic rings. The molecule has 1 aliphatic carbocycles. The zero-order chi connectivity index (χ0) is 9.26. The predicted molar refractivity (Wildman–Crippen MR) is 52.1 cm³/mol. The zero-order valence-corrected chi connectivity index (χ0v) is 7.77. The number of fused-ring (bicyclic) bond motifs is 1. The summed E-state index contributed by atoms with van der Waals surface area (Å²) >= 11 is 0. The van der Waals surface area contributed by atoms with Crippen LogP contribution in [0.25, 0.3) is 0 Å². The number of likely N-dealkylation sites (N-methyl/N-ethyl adjacent to an activating group) is 1. The van der Waals surface area contributed by atoms with Crippen LogP contribution in [0.15, 0.2) is 41.2 Å². The first-order valence-corrected chi connectivity index (χ1v) is 4.28. The fourth-order valence-electron chi connectivity index (χ4n) is 1.35. The maximum Gasteiger partial charge on any atom is 0.186 e. The molecule has 13 heavy (non-hydrogen) atoms. The number of amidine groups is 1. The first kappa shape index (κ1) is 8.10. The molecule has 3 heteroatoms. The van der Waals surface area contributed by atoms with E-state index in [1.54, 1.807) is 0 Å². The number of oxime groups is 1. The van der Waals surface area contributed by atoms with Crippen LogP contribution in [0.4, 0.5) is 0 Å². The highest BCUT2D eigenvalue weighted by Crippen LogP contribution is 2.20. The maximum absolute atomic E-state index is 5.30. The second-order valence-corrected chi connectivity index (χ2v) is 3.08. The molecule has 0 aromatic rings. The van der Waals surface area contributed by atoms with Gasteiger partial charge >= 0.3 is 0 Å². The van der Waals surface area contributed by atoms with Crippen LogP contribution in [0, 0.1) is 0 Å². The van der Waals surface area contributed by atoms with Gasteiger partial charge in [0, 0.05) is 7.05 Å². The van der Waals surface area contributed by atoms with E-state index in [2.05, 4.69) is 5.16 Å². The monoisotopic (exact) mass is 176 g/mol. The van der Waals surface area contributed by atoms with Crippen molar-refractivity contribution >= 4 is 5.84 Å². The summed E-state index contributed by atoms with van der Waals surface area (Å²) in [5.41, 5.74) is 1.12. The van der Waals surface area contributed by atoms with Crippen molar-refractivity contribution in [2.75, 3.05) is 7.05 Å². The standard InChI is InChI=1S/C10H12N2O/c1-8-11-13-10-7-5-3-4-6-9(10)12(8)2/h3-7,10H,1-2H3. The Morgan fingerprint density at radius 3 is 3.08 bits per heavy atom. The third-order valence-electron chi connectivity index (χ3n) is 2.24. The largest absolute Gasteiger partial charge is 0.380 e. The van der Waals surface area contributed by atoms with Crippen molar-refractivity contribution in [3.63, 3.8) is 0 Å². The van der Waals surface area contributed by atoms with Crippen LogP contribution in [0.3, 0.4) is 0 Å². The Kier molecular flexibility index (Phi) is 1.93. The summed E-state index contributed by atoms with van der Waals surface area (Å²) in [5, 5.41) is 3.96. The summed E-state index contributed by atoms with van der Waals surface area (Å²) in [7, 11) is 1.99. The first-order valence-electron chi connectivity index (χ1n) is 4.28. The Hall–Kier alpha value is -1.51. The van der Waals surface area contributed by atoms with Gasteiger partial charge in [-0.15, -0.1) is 0 Å². The molecule has 1 aliphatic heterocycles. The topological polar surface area (TPSA) is 24.8 Å². The molecule has 0 saturated heterocycles. The van der Waals surface area contributed by atoms with E-state index in [0.717, 1.165) is 11.5 Å². The van der Waals surface area contributed by atoms with Gasteiger partial charge in [-0.25, -0.2) is 0 Å². The highest BCUT2D eigenvalue weighted by molar-refractivity contribution is 5.81. The van der Waals surface area contributed by atoms with Gasteiger partial charge in [0.1, 0.15) is 5.84 Å². The predicted octanol–water partition coefficient (Wildman–Crippen LogP) is 1.66. The highest BCUT2D eigenvalue weighted by atomic mass is 16.6. The van der Waals surface area contributed by atoms with Crippen LogP contribution in [-0.2, 0) is 4.84 Å². The van der Waals surface area contributed by atoms with Gasteiger partial charge in [0.15, 0.2) is 6.10 Å². The summed E-state index contributed by atoms with van der Waals surface area (Å²) in [6, 6.07) is 0. The molecule has 3 nitrogen and oxygen atoms in total. The summed E-state index contributed by atoms with van der Waals surface area (Å²) in [4.78, 5) is 7.33. The number of hydrogen-bond donors (Lipinski definition) is 0. The molecule has 0 aromatic heterocycles. The summed E-state index contributed by atoms with van der Waals surface area (Å²) < 4.78 is 0. The van der Waals surface area contributed by atoms with Crippen molar-refractivity contribution < 1.29 is 4.84 Å². The molecule has 0 radical (unpaired) electrons. The molecule has 1 atom stereocenters. The Morgan fingerprint density at radius 1 is 1.38 bits per heavy atom. The van der Waals surface area contributed by atoms with Crippen molar-refractivity contribution in [3.05, 3.63) is 36.1 Å². The summed E-state index contributed by atoms with van der Waals surface area (Å²) in [5.74, 6) is 0.881. The lowest BCUT2D eigenvalue weighted by atomic mass is 10.2. The first-order chi connectivity index (χ1) is 6.29. The molecule has 1 heterocycles. The molecule has 1 unspecified atom stereocenters. The lowest BCUT2D eigenvalue weighted by Crippen LogP contribution is -2.34. The average Bonchev–Trinajstić information content (AvgIpc) is 2.36. The van der Waals surface area contributed by atoms with Crippen molar-refractivity contribution in [3.8, 4) is 0 Å². The van der Waals surface area contributed by atoms with Crippen molar-refractivity contribution in [1.29, 1.82) is 0 Å². The Morgan fingerprint density at radius 2 is 2.23 bits per heavy atom. The van der Waals surface area contributed by atoms with E-state index < -0.39 is 0 Å². The average molecular weight is 176 g/mol. The van der Waals surface area contributed by atoms with Gasteiger partial charge in [-0.2, -0.15) is 0 Å². The molecular formula is C10H12N2O. The quantitative estimate of drug-likeness (QED) is 0.560. The molecule has 0 bridgehead atoms. The fraction of sp³-hybridized carbons (Fsp3) is 0.300. The van der Waals surface area contributed by atoms with Crippen molar-refractivity contribution in [1.82, 2.24) is 4.90 Å². The van der Waals surface area contributed by atoms with E-state index >= 15 is 0 Å². The number of rotatable bonds is 0. The molecule has 0 amide bonds. The summed E-state index contributed by atoms with van der Waals surface area (Å²) in [6.07, 6.45) is 9.95. The van der Waals surface area contributed by atoms with E-state index in [0.29, 0.717) is 0 Å². The van der Waals surface area contributed by atoms with E-state index in [9.17, 15) is 0 Å². The SMILES string of the molecule is CC1=NOC2C=CC=CC=C2N1C. The van der Waals surface area contributed by atoms with Gasteiger partial charge in [0.25, 0.3) is 0 Å². The third kappa shape index (κ3) is 1.37. The van der Waals surface area contributed by atoms with E-state index in [1.165, 1.54) is 0 Å². The Labute approximate surface area is 77.7 Å². The smallest absolute Gasteiger partial charge is 0.186 e. The van der Waals surface area contributed by atoms with E-state index in [1.807, 2.05) is 49.3 Å². The lowest BCUT2D eigenvalue weighted by molar-refractivity contribution is 0.0853. The van der Waals surface area contributed by atoms with E-state index in [-0.39, 0.29) is 6.10 Å². The molecule has 68 valence electrons. The van der Waals surface area contributed by atoms with Gasteiger partial charge in [-0.05, 0) is 19.1 Å². The number of nitrogens with zero attached hydrogens (tertiary/aromatic N) is 2. The molecular weight excluding hydrogens is 164 g/mol. The second kappa shape index (κ2) is 3.09. The third-order valence-corrected chi connectivity index (χ3v) is 2.24. The zero-order valence-electron chi connectivity index (χ0n) is 7.77. The minimum Gasteiger partial charge on any atom is -0.380 e. The van der Waals surface area contributed by atoms with Crippen molar-refractivity contribution in [2.45, 2.75) is 13.0 Å². The second-order valence-electron chi connectivity index (χ2n) is 3.08. The molecule has 0 saturated carbocycles. The molecule has 0 N–H and O–H groups in total. The Bertz CT molecular complexity index is 326. The number of hydrogen-bond acceptors (Lipinski definition) is 3. The van der Waals surface area contributed by atoms with Crippen LogP contribution in [0.5, 0.6) is 0 Å². The van der Waals surface area contributed by atoms with Crippen molar-refractivity contribution in [2.24, 2.45) is 5.16 Å². The van der Waals surface area contributed by atoms with Crippen LogP contribution in [-0.4, -0.2) is 23.9 Å². The van der Waals surface area contributed by atoms with Crippen LogP contribution in [0.1, 0.15) is 6.92 Å². The minimum atomic E-state index is -0.0382. The lowest BCUT2D eigenvalue weighted by Gasteiger charge is -2.29. The Balaban J connectivity index is 2.37. The van der Waals surface area contributed by atoms with Crippen LogP contribution >= 0.6 is 0 Å². The van der Waals surface area contributed by atoms with Gasteiger partial charge in [-0.1, -0.05) is 23.4 Å². The van der Waals surface area contributed by atoms with Crippen LogP contribution in [0.2, 0.25) is 0 Å². The highest BCUT2D eigenvalue weighted by Gasteiger charge is 2.23. The van der Waals surface area contributed by atoms with Crippen LogP contribution < -0.4 is 0 Å². The molecule has 0 aromatic carbocycles. The molecule has 2 rings (SSSR count). The molecule has 0 spiro atoms. The number of allylic oxidation sites excluding steroid dienone is 4. The van der Waals surface area contributed by atoms with E-state index in [4.69, 9.17) is 4.84 Å². The fourth-order valence-corrected chi connectivity index (χ4v) is 1.35.